The highest BCUT2D eigenvalue weighted by atomic mass is 16.6. The summed E-state index contributed by atoms with van der Waals surface area (Å²) in [6, 6.07) is 0. The molecule has 1 aliphatic carbocycles. The minimum atomic E-state index is -0.508. The van der Waals surface area contributed by atoms with Crippen LogP contribution in [0.5, 0.6) is 0 Å². The highest BCUT2D eigenvalue weighted by molar-refractivity contribution is 5.67. The van der Waals surface area contributed by atoms with Gasteiger partial charge in [-0.15, -0.1) is 0 Å². The van der Waals surface area contributed by atoms with Crippen LogP contribution in [0, 0.1) is 0 Å². The third-order valence-electron chi connectivity index (χ3n) is 2.71. The zero-order valence-electron chi connectivity index (χ0n) is 11.0. The van der Waals surface area contributed by atoms with E-state index in [1.807, 2.05) is 20.8 Å². The number of rotatable bonds is 5. The average Bonchev–Trinajstić information content (AvgIpc) is 2.11. The van der Waals surface area contributed by atoms with Gasteiger partial charge in [0.15, 0.2) is 0 Å². The first kappa shape index (κ1) is 14.3. The van der Waals surface area contributed by atoms with E-state index in [0.717, 1.165) is 19.3 Å². The molecule has 0 heterocycles. The molecular formula is C12H24N2O3. The second-order valence-corrected chi connectivity index (χ2v) is 5.68. The Morgan fingerprint density at radius 3 is 2.47 bits per heavy atom. The highest BCUT2D eigenvalue weighted by Crippen LogP contribution is 2.30. The summed E-state index contributed by atoms with van der Waals surface area (Å²) >= 11 is 0. The third-order valence-corrected chi connectivity index (χ3v) is 2.71. The van der Waals surface area contributed by atoms with E-state index in [-0.39, 0.29) is 0 Å². The summed E-state index contributed by atoms with van der Waals surface area (Å²) in [6.45, 7) is 7.24. The number of ether oxygens (including phenoxy) is 1. The van der Waals surface area contributed by atoms with Crippen molar-refractivity contribution in [1.82, 2.24) is 10.6 Å². The average molecular weight is 244 g/mol. The minimum Gasteiger partial charge on any atom is -0.444 e. The summed E-state index contributed by atoms with van der Waals surface area (Å²) in [5.74, 6) is 0. The highest BCUT2D eigenvalue weighted by Gasteiger charge is 2.33. The topological polar surface area (TPSA) is 70.6 Å². The van der Waals surface area contributed by atoms with Crippen molar-refractivity contribution in [3.63, 3.8) is 0 Å². The van der Waals surface area contributed by atoms with Gasteiger partial charge in [-0.05, 0) is 40.0 Å². The van der Waals surface area contributed by atoms with E-state index in [1.165, 1.54) is 0 Å². The zero-order valence-corrected chi connectivity index (χ0v) is 11.0. The number of carbonyl (C=O) groups excluding carboxylic acids is 1. The molecule has 0 unspecified atom stereocenters. The quantitative estimate of drug-likeness (QED) is 0.631. The van der Waals surface area contributed by atoms with Crippen molar-refractivity contribution in [3.8, 4) is 0 Å². The first-order valence-corrected chi connectivity index (χ1v) is 6.21. The Bertz CT molecular complexity index is 257. The Morgan fingerprint density at radius 2 is 2.00 bits per heavy atom. The molecule has 0 aromatic rings. The molecule has 5 nitrogen and oxygen atoms in total. The van der Waals surface area contributed by atoms with Gasteiger partial charge in [0.25, 0.3) is 0 Å². The first-order valence-electron chi connectivity index (χ1n) is 6.21. The Kier molecular flexibility index (Phi) is 4.77. The monoisotopic (exact) mass is 244 g/mol. The van der Waals surface area contributed by atoms with Gasteiger partial charge in [0, 0.05) is 19.6 Å². The maximum atomic E-state index is 11.3. The predicted octanol–water partition coefficient (Wildman–Crippen LogP) is 1.02. The molecule has 17 heavy (non-hydrogen) atoms. The predicted molar refractivity (Wildman–Crippen MR) is 65.9 cm³/mol. The van der Waals surface area contributed by atoms with Crippen molar-refractivity contribution < 1.29 is 14.6 Å². The van der Waals surface area contributed by atoms with Crippen LogP contribution in [-0.4, -0.2) is 42.0 Å². The summed E-state index contributed by atoms with van der Waals surface area (Å²) < 4.78 is 5.09. The molecule has 100 valence electrons. The normalized spacial score (nSPS) is 18.4. The molecule has 1 saturated carbocycles. The van der Waals surface area contributed by atoms with Crippen molar-refractivity contribution in [3.05, 3.63) is 0 Å². The van der Waals surface area contributed by atoms with E-state index in [1.54, 1.807) is 0 Å². The van der Waals surface area contributed by atoms with Gasteiger partial charge in [-0.2, -0.15) is 0 Å². The lowest BCUT2D eigenvalue weighted by Gasteiger charge is -2.36. The molecule has 0 spiro atoms. The standard InChI is InChI=1S/C12H24N2O3/c1-11(2,3)17-10(15)14-8-7-13-9-12(16)5-4-6-12/h13,16H,4-9H2,1-3H3,(H,14,15). The summed E-state index contributed by atoms with van der Waals surface area (Å²) in [5, 5.41) is 15.6. The van der Waals surface area contributed by atoms with E-state index in [4.69, 9.17) is 4.74 Å². The molecular weight excluding hydrogens is 220 g/mol. The van der Waals surface area contributed by atoms with Crippen molar-refractivity contribution >= 4 is 6.09 Å². The molecule has 0 saturated heterocycles. The van der Waals surface area contributed by atoms with E-state index in [0.29, 0.717) is 19.6 Å². The number of amides is 1. The number of carbonyl (C=O) groups is 1. The molecule has 0 aliphatic heterocycles. The Morgan fingerprint density at radius 1 is 1.35 bits per heavy atom. The van der Waals surface area contributed by atoms with Crippen LogP contribution in [0.15, 0.2) is 0 Å². The molecule has 1 rings (SSSR count). The van der Waals surface area contributed by atoms with Crippen LogP contribution >= 0.6 is 0 Å². The maximum absolute atomic E-state index is 11.3. The van der Waals surface area contributed by atoms with E-state index >= 15 is 0 Å². The van der Waals surface area contributed by atoms with Gasteiger partial charge in [-0.3, -0.25) is 0 Å². The van der Waals surface area contributed by atoms with Crippen LogP contribution in [0.2, 0.25) is 0 Å². The zero-order chi connectivity index (χ0) is 12.9. The van der Waals surface area contributed by atoms with Gasteiger partial charge >= 0.3 is 6.09 Å². The van der Waals surface area contributed by atoms with Gasteiger partial charge in [0.05, 0.1) is 5.60 Å². The molecule has 1 aliphatic rings. The molecule has 3 N–H and O–H groups in total. The van der Waals surface area contributed by atoms with Crippen LogP contribution in [0.25, 0.3) is 0 Å². The van der Waals surface area contributed by atoms with Gasteiger partial charge in [-0.25, -0.2) is 4.79 Å². The molecule has 1 amide bonds. The number of alkyl carbamates (subject to hydrolysis) is 1. The molecule has 0 aromatic heterocycles. The summed E-state index contributed by atoms with van der Waals surface area (Å²) in [7, 11) is 0. The number of hydrogen-bond donors (Lipinski definition) is 3. The lowest BCUT2D eigenvalue weighted by molar-refractivity contribution is -0.0309. The summed E-state index contributed by atoms with van der Waals surface area (Å²) in [5.41, 5.74) is -0.968. The van der Waals surface area contributed by atoms with Crippen molar-refractivity contribution in [2.75, 3.05) is 19.6 Å². The Balaban J connectivity index is 1.98. The second-order valence-electron chi connectivity index (χ2n) is 5.68. The minimum absolute atomic E-state index is 0.401. The second kappa shape index (κ2) is 5.69. The molecule has 5 heteroatoms. The van der Waals surface area contributed by atoms with Crippen molar-refractivity contribution in [1.29, 1.82) is 0 Å². The largest absolute Gasteiger partial charge is 0.444 e. The summed E-state index contributed by atoms with van der Waals surface area (Å²) in [6.07, 6.45) is 2.45. The van der Waals surface area contributed by atoms with Crippen molar-refractivity contribution in [2.45, 2.75) is 51.2 Å². The molecule has 0 aromatic carbocycles. The van der Waals surface area contributed by atoms with Gasteiger partial charge in [0.2, 0.25) is 0 Å². The van der Waals surface area contributed by atoms with E-state index < -0.39 is 17.3 Å². The van der Waals surface area contributed by atoms with Crippen LogP contribution in [-0.2, 0) is 4.74 Å². The third kappa shape index (κ3) is 5.89. The maximum Gasteiger partial charge on any atom is 0.407 e. The van der Waals surface area contributed by atoms with Gasteiger partial charge in [0.1, 0.15) is 5.60 Å². The lowest BCUT2D eigenvalue weighted by Crippen LogP contribution is -2.47. The Labute approximate surface area is 103 Å². The Hall–Kier alpha value is -0.810. The number of nitrogens with one attached hydrogen (secondary N) is 2. The number of aliphatic hydroxyl groups is 1. The summed E-state index contributed by atoms with van der Waals surface area (Å²) in [4.78, 5) is 11.3. The fraction of sp³-hybridized carbons (Fsp3) is 0.917. The number of hydrogen-bond acceptors (Lipinski definition) is 4. The van der Waals surface area contributed by atoms with Crippen molar-refractivity contribution in [2.24, 2.45) is 0 Å². The molecule has 0 bridgehead atoms. The first-order chi connectivity index (χ1) is 7.81. The van der Waals surface area contributed by atoms with Crippen LogP contribution in [0.4, 0.5) is 4.79 Å². The fourth-order valence-electron chi connectivity index (χ4n) is 1.65. The SMILES string of the molecule is CC(C)(C)OC(=O)NCCNCC1(O)CCC1. The van der Waals surface area contributed by atoms with Gasteiger partial charge < -0.3 is 20.5 Å². The van der Waals surface area contributed by atoms with E-state index in [2.05, 4.69) is 10.6 Å². The van der Waals surface area contributed by atoms with E-state index in [9.17, 15) is 9.90 Å². The van der Waals surface area contributed by atoms with Crippen LogP contribution in [0.3, 0.4) is 0 Å². The smallest absolute Gasteiger partial charge is 0.407 e. The molecule has 0 radical (unpaired) electrons. The lowest BCUT2D eigenvalue weighted by atomic mass is 9.80. The fourth-order valence-corrected chi connectivity index (χ4v) is 1.65. The molecule has 1 fully saturated rings. The van der Waals surface area contributed by atoms with Crippen LogP contribution in [0.1, 0.15) is 40.0 Å². The molecule has 0 atom stereocenters. The van der Waals surface area contributed by atoms with Crippen LogP contribution < -0.4 is 10.6 Å². The van der Waals surface area contributed by atoms with Gasteiger partial charge in [-0.1, -0.05) is 0 Å².